The molecule has 8 heteroatoms. The molecular formula is C20H21N3O3S2. The number of nitrogens with zero attached hydrogens (tertiary/aromatic N) is 1. The van der Waals surface area contributed by atoms with Gasteiger partial charge in [0.15, 0.2) is 5.11 Å². The fraction of sp³-hybridized carbons (Fsp3) is 0.250. The van der Waals surface area contributed by atoms with E-state index in [0.29, 0.717) is 10.9 Å². The summed E-state index contributed by atoms with van der Waals surface area (Å²) >= 11 is 7.07. The van der Waals surface area contributed by atoms with Crippen molar-refractivity contribution >= 4 is 50.5 Å². The largest absolute Gasteiger partial charge is 0.497 e. The summed E-state index contributed by atoms with van der Waals surface area (Å²) in [5.74, 6) is -0.253. The van der Waals surface area contributed by atoms with Gasteiger partial charge in [0.05, 0.1) is 34.8 Å². The van der Waals surface area contributed by atoms with Crippen molar-refractivity contribution in [2.45, 2.75) is 25.8 Å². The number of carboxylic acid groups (broad SMARTS) is 1. The zero-order chi connectivity index (χ0) is 20.1. The van der Waals surface area contributed by atoms with Crippen LogP contribution in [0.4, 0.5) is 5.69 Å². The maximum absolute atomic E-state index is 11.3. The third-order valence-electron chi connectivity index (χ3n) is 4.17. The first-order valence-electron chi connectivity index (χ1n) is 8.81. The van der Waals surface area contributed by atoms with Crippen LogP contribution in [0.15, 0.2) is 42.5 Å². The molecule has 2 aromatic carbocycles. The summed E-state index contributed by atoms with van der Waals surface area (Å²) in [4.78, 5) is 15.9. The maximum Gasteiger partial charge on any atom is 0.305 e. The van der Waals surface area contributed by atoms with Crippen molar-refractivity contribution in [2.24, 2.45) is 0 Å². The number of hydrogen-bond donors (Lipinski definition) is 3. The van der Waals surface area contributed by atoms with Crippen molar-refractivity contribution in [1.29, 1.82) is 0 Å². The number of thiocarbonyl (C=S) groups is 1. The van der Waals surface area contributed by atoms with Crippen molar-refractivity contribution in [1.82, 2.24) is 10.3 Å². The highest BCUT2D eigenvalue weighted by Crippen LogP contribution is 2.26. The Labute approximate surface area is 172 Å². The molecule has 1 atom stereocenters. The Bertz CT molecular complexity index is 1000. The molecule has 1 heterocycles. The molecule has 0 unspecified atom stereocenters. The van der Waals surface area contributed by atoms with Gasteiger partial charge in [-0.2, -0.15) is 0 Å². The molecule has 0 bridgehead atoms. The molecule has 0 saturated carbocycles. The second kappa shape index (κ2) is 8.99. The number of nitrogens with one attached hydrogen (secondary N) is 2. The minimum Gasteiger partial charge on any atom is -0.497 e. The fourth-order valence-electron chi connectivity index (χ4n) is 2.81. The molecule has 3 rings (SSSR count). The lowest BCUT2D eigenvalue weighted by molar-refractivity contribution is -0.137. The monoisotopic (exact) mass is 415 g/mol. The number of benzene rings is 2. The minimum absolute atomic E-state index is 0.108. The topological polar surface area (TPSA) is 83.5 Å². The maximum atomic E-state index is 11.3. The second-order valence-corrected chi connectivity index (χ2v) is 7.69. The Morgan fingerprint density at radius 2 is 2.14 bits per heavy atom. The molecule has 0 aliphatic rings. The summed E-state index contributed by atoms with van der Waals surface area (Å²) in [6.45, 7) is 2.08. The number of aromatic nitrogens is 1. The van der Waals surface area contributed by atoms with Crippen LogP contribution in [-0.2, 0) is 11.2 Å². The number of thiazole rings is 1. The summed E-state index contributed by atoms with van der Waals surface area (Å²) in [6, 6.07) is 12.7. The molecule has 0 aliphatic carbocycles. The molecular weight excluding hydrogens is 394 g/mol. The lowest BCUT2D eigenvalue weighted by Crippen LogP contribution is -2.33. The Morgan fingerprint density at radius 1 is 1.32 bits per heavy atom. The number of aliphatic carboxylic acids is 1. The summed E-state index contributed by atoms with van der Waals surface area (Å²) in [7, 11) is 1.57. The molecule has 6 nitrogen and oxygen atoms in total. The molecule has 0 saturated heterocycles. The second-order valence-electron chi connectivity index (χ2n) is 6.17. The van der Waals surface area contributed by atoms with Gasteiger partial charge in [-0.3, -0.25) is 4.79 Å². The molecule has 0 radical (unpaired) electrons. The summed E-state index contributed by atoms with van der Waals surface area (Å²) in [5, 5.41) is 17.0. The lowest BCUT2D eigenvalue weighted by atomic mass is 10.0. The molecule has 28 heavy (non-hydrogen) atoms. The molecule has 0 fully saturated rings. The fourth-order valence-corrected chi connectivity index (χ4v) is 4.02. The highest BCUT2D eigenvalue weighted by molar-refractivity contribution is 7.80. The summed E-state index contributed by atoms with van der Waals surface area (Å²) in [5.41, 5.74) is 2.58. The summed E-state index contributed by atoms with van der Waals surface area (Å²) < 4.78 is 6.32. The van der Waals surface area contributed by atoms with Crippen molar-refractivity contribution in [3.8, 4) is 5.75 Å². The number of methoxy groups -OCH3 is 1. The predicted octanol–water partition coefficient (Wildman–Crippen LogP) is 4.37. The van der Waals surface area contributed by atoms with Gasteiger partial charge in [-0.1, -0.05) is 19.1 Å². The lowest BCUT2D eigenvalue weighted by Gasteiger charge is -2.20. The Kier molecular flexibility index (Phi) is 6.43. The molecule has 146 valence electrons. The van der Waals surface area contributed by atoms with Gasteiger partial charge in [0.1, 0.15) is 5.75 Å². The number of aryl methyl sites for hydroxylation is 1. The number of hydrogen-bond acceptors (Lipinski definition) is 5. The molecule has 1 aromatic heterocycles. The van der Waals surface area contributed by atoms with E-state index in [1.54, 1.807) is 24.5 Å². The van der Waals surface area contributed by atoms with Gasteiger partial charge in [-0.15, -0.1) is 11.3 Å². The smallest absolute Gasteiger partial charge is 0.305 e. The summed E-state index contributed by atoms with van der Waals surface area (Å²) in [6.07, 6.45) is 0.794. The number of fused-ring (bicyclic) bond motifs is 1. The van der Waals surface area contributed by atoms with Gasteiger partial charge in [-0.05, 0) is 54.5 Å². The third-order valence-corrected chi connectivity index (χ3v) is 5.56. The van der Waals surface area contributed by atoms with E-state index in [-0.39, 0.29) is 6.42 Å². The van der Waals surface area contributed by atoms with E-state index in [1.165, 1.54) is 0 Å². The third kappa shape index (κ3) is 4.96. The van der Waals surface area contributed by atoms with Gasteiger partial charge in [0.2, 0.25) is 0 Å². The van der Waals surface area contributed by atoms with Crippen LogP contribution in [0.25, 0.3) is 10.2 Å². The van der Waals surface area contributed by atoms with E-state index >= 15 is 0 Å². The van der Waals surface area contributed by atoms with Crippen LogP contribution in [0.2, 0.25) is 0 Å². The van der Waals surface area contributed by atoms with Gasteiger partial charge >= 0.3 is 5.97 Å². The minimum atomic E-state index is -0.915. The van der Waals surface area contributed by atoms with E-state index in [1.807, 2.05) is 36.4 Å². The standard InChI is InChI=1S/C20H21N3O3S2/c1-3-18-22-15-8-7-13(10-17(15)28-18)21-20(27)23-16(11-19(24)25)12-5-4-6-14(9-12)26-2/h4-10,16H,3,11H2,1-2H3,(H,24,25)(H2,21,23,27)/t16-/m1/s1. The first-order valence-corrected chi connectivity index (χ1v) is 10.0. The zero-order valence-corrected chi connectivity index (χ0v) is 17.2. The molecule has 3 N–H and O–H groups in total. The Balaban J connectivity index is 1.75. The van der Waals surface area contributed by atoms with Gasteiger partial charge in [0.25, 0.3) is 0 Å². The van der Waals surface area contributed by atoms with Crippen LogP contribution in [0.3, 0.4) is 0 Å². The van der Waals surface area contributed by atoms with Gasteiger partial charge < -0.3 is 20.5 Å². The predicted molar refractivity (Wildman–Crippen MR) is 116 cm³/mol. The Morgan fingerprint density at radius 3 is 2.86 bits per heavy atom. The highest BCUT2D eigenvalue weighted by Gasteiger charge is 2.17. The van der Waals surface area contributed by atoms with Crippen molar-refractivity contribution in [3.05, 3.63) is 53.0 Å². The normalized spacial score (nSPS) is 11.8. The van der Waals surface area contributed by atoms with E-state index in [2.05, 4.69) is 22.5 Å². The van der Waals surface area contributed by atoms with Crippen LogP contribution >= 0.6 is 23.6 Å². The van der Waals surface area contributed by atoms with Gasteiger partial charge in [0, 0.05) is 5.69 Å². The van der Waals surface area contributed by atoms with E-state index in [9.17, 15) is 9.90 Å². The van der Waals surface area contributed by atoms with Crippen molar-refractivity contribution < 1.29 is 14.6 Å². The van der Waals surface area contributed by atoms with Crippen LogP contribution in [-0.4, -0.2) is 28.3 Å². The van der Waals surface area contributed by atoms with Crippen LogP contribution in [0.5, 0.6) is 5.75 Å². The van der Waals surface area contributed by atoms with E-state index in [0.717, 1.165) is 32.9 Å². The zero-order valence-electron chi connectivity index (χ0n) is 15.6. The molecule has 0 amide bonds. The average Bonchev–Trinajstić information content (AvgIpc) is 3.09. The molecule has 0 spiro atoms. The van der Waals surface area contributed by atoms with Crippen molar-refractivity contribution in [3.63, 3.8) is 0 Å². The average molecular weight is 416 g/mol. The first kappa shape index (κ1) is 20.0. The Hall–Kier alpha value is -2.71. The molecule has 0 aliphatic heterocycles. The number of carbonyl (C=O) groups is 1. The van der Waals surface area contributed by atoms with Crippen molar-refractivity contribution in [2.75, 3.05) is 12.4 Å². The first-order chi connectivity index (χ1) is 13.5. The SMILES string of the molecule is CCc1nc2ccc(NC(=S)N[C@H](CC(=O)O)c3cccc(OC)c3)cc2s1. The number of carboxylic acids is 1. The number of ether oxygens (including phenoxy) is 1. The highest BCUT2D eigenvalue weighted by atomic mass is 32.1. The van der Waals surface area contributed by atoms with Gasteiger partial charge in [-0.25, -0.2) is 4.98 Å². The number of anilines is 1. The van der Waals surface area contributed by atoms with Crippen LogP contribution in [0.1, 0.15) is 30.0 Å². The quantitative estimate of drug-likeness (QED) is 0.494. The van der Waals surface area contributed by atoms with E-state index < -0.39 is 12.0 Å². The van der Waals surface area contributed by atoms with Crippen LogP contribution in [0, 0.1) is 0 Å². The van der Waals surface area contributed by atoms with E-state index in [4.69, 9.17) is 17.0 Å². The van der Waals surface area contributed by atoms with Crippen LogP contribution < -0.4 is 15.4 Å². The number of rotatable bonds is 7. The molecule has 3 aromatic rings.